The van der Waals surface area contributed by atoms with E-state index in [-0.39, 0.29) is 25.0 Å². The van der Waals surface area contributed by atoms with Gasteiger partial charge < -0.3 is 23.7 Å². The van der Waals surface area contributed by atoms with Crippen molar-refractivity contribution < 1.29 is 42.9 Å². The molecule has 7 rings (SSSR count). The van der Waals surface area contributed by atoms with E-state index in [2.05, 4.69) is 13.8 Å². The second kappa shape index (κ2) is 10.4. The molecule has 0 amide bonds. The summed E-state index contributed by atoms with van der Waals surface area (Å²) in [5.74, 6) is -5.98. The van der Waals surface area contributed by atoms with Crippen LogP contribution in [0.15, 0.2) is 48.5 Å². The van der Waals surface area contributed by atoms with Gasteiger partial charge in [0, 0.05) is 5.41 Å². The third-order valence-electron chi connectivity index (χ3n) is 7.87. The average Bonchev–Trinajstić information content (AvgIpc) is 3.44. The number of esters is 4. The van der Waals surface area contributed by atoms with Gasteiger partial charge in [0.25, 0.3) is 0 Å². The van der Waals surface area contributed by atoms with Crippen molar-refractivity contribution in [2.45, 2.75) is 51.7 Å². The van der Waals surface area contributed by atoms with Crippen LogP contribution in [-0.4, -0.2) is 49.3 Å². The van der Waals surface area contributed by atoms with E-state index in [0.717, 1.165) is 11.1 Å². The number of ether oxygens (including phenoxy) is 5. The highest BCUT2D eigenvalue weighted by molar-refractivity contribution is 6.01. The third-order valence-corrected chi connectivity index (χ3v) is 7.87. The summed E-state index contributed by atoms with van der Waals surface area (Å²) in [6.45, 7) is 7.74. The maximum atomic E-state index is 13.3. The van der Waals surface area contributed by atoms with E-state index in [0.29, 0.717) is 11.5 Å². The number of benzene rings is 2. The largest absolute Gasteiger partial charge is 0.490 e. The molecule has 0 spiro atoms. The van der Waals surface area contributed by atoms with Crippen LogP contribution in [0, 0.1) is 23.7 Å². The lowest BCUT2D eigenvalue weighted by atomic mass is 9.78. The Bertz CT molecular complexity index is 1260. The van der Waals surface area contributed by atoms with Crippen molar-refractivity contribution in [1.82, 2.24) is 0 Å². The molecule has 0 N–H and O–H groups in total. The second-order valence-electron chi connectivity index (χ2n) is 11.0. The zero-order chi connectivity index (χ0) is 27.9. The third kappa shape index (κ3) is 5.22. The van der Waals surface area contributed by atoms with E-state index in [9.17, 15) is 19.2 Å². The van der Waals surface area contributed by atoms with Gasteiger partial charge in [0.2, 0.25) is 0 Å². The lowest BCUT2D eigenvalue weighted by Gasteiger charge is -2.26. The highest BCUT2D eigenvalue weighted by Crippen LogP contribution is 2.47. The minimum Gasteiger partial charge on any atom is -0.490 e. The minimum atomic E-state index is -1.19. The Morgan fingerprint density at radius 3 is 1.56 bits per heavy atom. The summed E-state index contributed by atoms with van der Waals surface area (Å²) >= 11 is 0. The molecule has 0 radical (unpaired) electrons. The molecule has 4 bridgehead atoms. The molecule has 206 valence electrons. The van der Waals surface area contributed by atoms with Crippen LogP contribution in [0.1, 0.15) is 45.2 Å². The first-order valence-electron chi connectivity index (χ1n) is 13.2. The van der Waals surface area contributed by atoms with Gasteiger partial charge in [-0.2, -0.15) is 0 Å². The second-order valence-corrected chi connectivity index (χ2v) is 11.0. The number of fused-ring (bicyclic) bond motifs is 3. The van der Waals surface area contributed by atoms with Gasteiger partial charge in [0.05, 0.1) is 23.7 Å². The lowest BCUT2D eigenvalue weighted by molar-refractivity contribution is -0.170. The predicted octanol–water partition coefficient (Wildman–Crippen LogP) is 3.60. The van der Waals surface area contributed by atoms with Gasteiger partial charge in [0.15, 0.2) is 0 Å². The Hall–Kier alpha value is -3.88. The molecule has 0 aromatic heterocycles. The van der Waals surface area contributed by atoms with Crippen LogP contribution in [0.3, 0.4) is 0 Å². The Balaban J connectivity index is 1.43. The molecule has 2 fully saturated rings. The molecular formula is C30H32O9. The van der Waals surface area contributed by atoms with E-state index in [1.807, 2.05) is 48.5 Å². The lowest BCUT2D eigenvalue weighted by Crippen LogP contribution is -2.38. The van der Waals surface area contributed by atoms with E-state index in [4.69, 9.17) is 23.7 Å². The van der Waals surface area contributed by atoms with Gasteiger partial charge in [0.1, 0.15) is 36.9 Å². The van der Waals surface area contributed by atoms with Crippen molar-refractivity contribution in [3.05, 3.63) is 59.7 Å². The number of cyclic esters (lactones) is 2. The molecule has 5 aliphatic rings. The molecule has 9 nitrogen and oxygen atoms in total. The van der Waals surface area contributed by atoms with Gasteiger partial charge in [-0.25, -0.2) is 0 Å². The molecule has 6 unspecified atom stereocenters. The molecule has 4 aliphatic heterocycles. The van der Waals surface area contributed by atoms with Crippen molar-refractivity contribution in [2.24, 2.45) is 23.7 Å². The zero-order valence-corrected chi connectivity index (χ0v) is 22.4. The summed E-state index contributed by atoms with van der Waals surface area (Å²) in [5, 5.41) is 0. The van der Waals surface area contributed by atoms with Crippen molar-refractivity contribution in [3.63, 3.8) is 0 Å². The summed E-state index contributed by atoms with van der Waals surface area (Å²) in [4.78, 5) is 51.2. The molecule has 39 heavy (non-hydrogen) atoms. The first kappa shape index (κ1) is 26.7. The minimum absolute atomic E-state index is 0.0319. The average molecular weight is 537 g/mol. The quantitative estimate of drug-likeness (QED) is 0.283. The first-order chi connectivity index (χ1) is 18.5. The zero-order valence-electron chi connectivity index (χ0n) is 22.4. The summed E-state index contributed by atoms with van der Waals surface area (Å²) in [5.41, 5.74) is 1.91. The van der Waals surface area contributed by atoms with Gasteiger partial charge in [-0.15, -0.1) is 0 Å². The summed E-state index contributed by atoms with van der Waals surface area (Å²) in [6, 6.07) is 15.5. The number of carbonyl (C=O) groups excluding carboxylic acids is 4. The van der Waals surface area contributed by atoms with E-state index >= 15 is 0 Å². The van der Waals surface area contributed by atoms with Crippen LogP contribution in [0.4, 0.5) is 0 Å². The highest BCUT2D eigenvalue weighted by atomic mass is 16.6. The van der Waals surface area contributed by atoms with Crippen molar-refractivity contribution in [2.75, 3.05) is 13.2 Å². The van der Waals surface area contributed by atoms with Gasteiger partial charge >= 0.3 is 23.9 Å². The molecule has 2 aromatic rings. The van der Waals surface area contributed by atoms with Crippen LogP contribution in [0.5, 0.6) is 11.5 Å². The molecule has 1 saturated heterocycles. The molecule has 9 heteroatoms. The Kier molecular flexibility index (Phi) is 7.09. The van der Waals surface area contributed by atoms with Gasteiger partial charge in [-0.1, -0.05) is 38.1 Å². The molecule has 1 aliphatic carbocycles. The number of hydrogen-bond donors (Lipinski definition) is 0. The van der Waals surface area contributed by atoms with Crippen LogP contribution < -0.4 is 9.47 Å². The summed E-state index contributed by atoms with van der Waals surface area (Å²) in [7, 11) is 0. The van der Waals surface area contributed by atoms with Gasteiger partial charge in [-0.05, 0) is 55.7 Å². The molecule has 6 atom stereocenters. The summed E-state index contributed by atoms with van der Waals surface area (Å²) < 4.78 is 27.7. The smallest absolute Gasteiger partial charge is 0.318 e. The Labute approximate surface area is 226 Å². The van der Waals surface area contributed by atoms with Crippen molar-refractivity contribution >= 4 is 23.9 Å². The monoisotopic (exact) mass is 536 g/mol. The molecule has 1 saturated carbocycles. The molecule has 4 heterocycles. The topological polar surface area (TPSA) is 114 Å². The fourth-order valence-electron chi connectivity index (χ4n) is 5.58. The standard InChI is InChI=1S/C30H32O9/c1-16-14-35-20-9-5-18(6-10-20)30(3,4)19-7-11-21(12-8-19)36-15-17(2)38-28(33)24-22(26(31)37-16)13-23-25(24)29(34)39-27(23)32/h5-12,16-17,22-25H,13-15H2,1-4H3. The maximum absolute atomic E-state index is 13.3. The normalized spacial score (nSPS) is 30.7. The van der Waals surface area contributed by atoms with Crippen molar-refractivity contribution in [3.8, 4) is 11.5 Å². The maximum Gasteiger partial charge on any atom is 0.318 e. The van der Waals surface area contributed by atoms with Crippen molar-refractivity contribution in [1.29, 1.82) is 0 Å². The fraction of sp³-hybridized carbons (Fsp3) is 0.467. The predicted molar refractivity (Wildman–Crippen MR) is 137 cm³/mol. The molecular weight excluding hydrogens is 504 g/mol. The summed E-state index contributed by atoms with van der Waals surface area (Å²) in [6.07, 6.45) is -1.36. The number of hydrogen-bond acceptors (Lipinski definition) is 9. The first-order valence-corrected chi connectivity index (χ1v) is 13.2. The van der Waals surface area contributed by atoms with Crippen LogP contribution in [0.2, 0.25) is 0 Å². The van der Waals surface area contributed by atoms with E-state index < -0.39 is 59.8 Å². The number of rotatable bonds is 0. The van der Waals surface area contributed by atoms with Crippen LogP contribution >= 0.6 is 0 Å². The van der Waals surface area contributed by atoms with Crippen LogP contribution in [0.25, 0.3) is 0 Å². The highest BCUT2D eigenvalue weighted by Gasteiger charge is 2.62. The fourth-order valence-corrected chi connectivity index (χ4v) is 5.58. The molecule has 2 aromatic carbocycles. The number of carbonyl (C=O) groups is 4. The van der Waals surface area contributed by atoms with Gasteiger partial charge in [-0.3, -0.25) is 19.2 Å². The van der Waals surface area contributed by atoms with E-state index in [1.54, 1.807) is 13.8 Å². The Morgan fingerprint density at radius 1 is 0.615 bits per heavy atom. The van der Waals surface area contributed by atoms with E-state index in [1.165, 1.54) is 0 Å². The SMILES string of the molecule is CC1COc2ccc(cc2)C(C)(C)c2ccc(cc2)OCC(C)OC(=O)C2C(CC3C(=O)OC(=O)C32)C(=O)O1. The van der Waals surface area contributed by atoms with Crippen LogP contribution in [-0.2, 0) is 38.8 Å². The Morgan fingerprint density at radius 2 is 1.05 bits per heavy atom.